The second-order valence-electron chi connectivity index (χ2n) is 5.94. The smallest absolute Gasteiger partial charge is 0.256 e. The molecule has 26 heavy (non-hydrogen) atoms. The van der Waals surface area contributed by atoms with Crippen molar-refractivity contribution in [3.63, 3.8) is 0 Å². The molecule has 1 aromatic carbocycles. The maximum absolute atomic E-state index is 12.4. The normalized spacial score (nSPS) is 10.9. The van der Waals surface area contributed by atoms with Gasteiger partial charge in [-0.1, -0.05) is 0 Å². The molecule has 0 spiro atoms. The number of hydrogen-bond acceptors (Lipinski definition) is 5. The molecule has 2 heterocycles. The van der Waals surface area contributed by atoms with E-state index in [-0.39, 0.29) is 5.91 Å². The topological polar surface area (TPSA) is 67.3 Å². The number of benzene rings is 1. The summed E-state index contributed by atoms with van der Waals surface area (Å²) in [6, 6.07) is 14.4. The molecule has 2 aromatic heterocycles. The van der Waals surface area contributed by atoms with Crippen LogP contribution >= 0.6 is 0 Å². The minimum Gasteiger partial charge on any atom is -0.497 e. The zero-order valence-corrected chi connectivity index (χ0v) is 14.9. The average molecular weight is 348 g/mol. The van der Waals surface area contributed by atoms with Gasteiger partial charge in [0.1, 0.15) is 11.6 Å². The van der Waals surface area contributed by atoms with E-state index >= 15 is 0 Å². The number of nitrogens with one attached hydrogen (secondary N) is 1. The molecular weight excluding hydrogens is 328 g/mol. The summed E-state index contributed by atoms with van der Waals surface area (Å²) in [5.41, 5.74) is 1.92. The van der Waals surface area contributed by atoms with Crippen LogP contribution in [-0.2, 0) is 0 Å². The van der Waals surface area contributed by atoms with Crippen LogP contribution in [0, 0.1) is 0 Å². The molecule has 132 valence electrons. The van der Waals surface area contributed by atoms with Gasteiger partial charge in [0, 0.05) is 31.2 Å². The number of pyridine rings is 2. The Labute approximate surface area is 152 Å². The van der Waals surface area contributed by atoms with Crippen molar-refractivity contribution in [2.24, 2.45) is 0 Å². The van der Waals surface area contributed by atoms with Gasteiger partial charge in [-0.3, -0.25) is 4.79 Å². The van der Waals surface area contributed by atoms with E-state index < -0.39 is 0 Å². The van der Waals surface area contributed by atoms with E-state index in [1.165, 1.54) is 0 Å². The third-order valence-corrected chi connectivity index (χ3v) is 3.71. The molecule has 0 atom stereocenters. The molecule has 3 rings (SSSR count). The number of amides is 1. The Hall–Kier alpha value is -3.41. The average Bonchev–Trinajstić information content (AvgIpc) is 2.66. The van der Waals surface area contributed by atoms with Gasteiger partial charge < -0.3 is 15.0 Å². The van der Waals surface area contributed by atoms with Crippen LogP contribution in [0.3, 0.4) is 0 Å². The lowest BCUT2D eigenvalue weighted by Crippen LogP contribution is -2.13. The van der Waals surface area contributed by atoms with Crippen molar-refractivity contribution in [1.29, 1.82) is 0 Å². The first kappa shape index (κ1) is 17.4. The minimum absolute atomic E-state index is 0.233. The third kappa shape index (κ3) is 4.16. The van der Waals surface area contributed by atoms with E-state index in [9.17, 15) is 4.79 Å². The summed E-state index contributed by atoms with van der Waals surface area (Å²) in [5.74, 6) is 0.926. The van der Waals surface area contributed by atoms with E-state index in [0.29, 0.717) is 22.8 Å². The number of methoxy groups -OCH3 is 1. The largest absolute Gasteiger partial charge is 0.497 e. The van der Waals surface area contributed by atoms with Crippen LogP contribution in [0.1, 0.15) is 16.1 Å². The maximum atomic E-state index is 12.4. The predicted octanol–water partition coefficient (Wildman–Crippen LogP) is 3.42. The van der Waals surface area contributed by atoms with Gasteiger partial charge in [0.05, 0.1) is 12.8 Å². The van der Waals surface area contributed by atoms with E-state index in [1.54, 1.807) is 37.4 Å². The van der Waals surface area contributed by atoms with Gasteiger partial charge in [0.15, 0.2) is 5.65 Å². The first-order chi connectivity index (χ1) is 12.5. The van der Waals surface area contributed by atoms with Crippen LogP contribution in [-0.4, -0.2) is 42.0 Å². The van der Waals surface area contributed by atoms with E-state index in [2.05, 4.69) is 15.3 Å². The summed E-state index contributed by atoms with van der Waals surface area (Å²) >= 11 is 0. The molecule has 0 radical (unpaired) electrons. The van der Waals surface area contributed by atoms with Crippen molar-refractivity contribution in [1.82, 2.24) is 14.9 Å². The molecule has 0 saturated heterocycles. The van der Waals surface area contributed by atoms with Crippen molar-refractivity contribution in [2.75, 3.05) is 26.5 Å². The van der Waals surface area contributed by atoms with E-state index in [1.807, 2.05) is 49.5 Å². The van der Waals surface area contributed by atoms with Gasteiger partial charge in [0.2, 0.25) is 0 Å². The number of aromatic nitrogens is 2. The number of nitrogens with zero attached hydrogens (tertiary/aromatic N) is 3. The van der Waals surface area contributed by atoms with Gasteiger partial charge in [-0.05, 0) is 54.6 Å². The molecule has 0 aliphatic carbocycles. The maximum Gasteiger partial charge on any atom is 0.256 e. The Kier molecular flexibility index (Phi) is 5.12. The van der Waals surface area contributed by atoms with Gasteiger partial charge in [-0.25, -0.2) is 9.97 Å². The zero-order chi connectivity index (χ0) is 18.5. The first-order valence-corrected chi connectivity index (χ1v) is 8.13. The molecule has 0 unspecified atom stereocenters. The highest BCUT2D eigenvalue weighted by molar-refractivity contribution is 6.04. The molecule has 0 saturated carbocycles. The molecule has 1 amide bonds. The van der Waals surface area contributed by atoms with Gasteiger partial charge >= 0.3 is 0 Å². The van der Waals surface area contributed by atoms with Crippen molar-refractivity contribution < 1.29 is 9.53 Å². The molecule has 0 aliphatic rings. The van der Waals surface area contributed by atoms with Crippen molar-refractivity contribution in [2.45, 2.75) is 0 Å². The number of fused-ring (bicyclic) bond motifs is 1. The molecule has 0 fully saturated rings. The lowest BCUT2D eigenvalue weighted by atomic mass is 10.2. The van der Waals surface area contributed by atoms with Crippen LogP contribution in [0.4, 0.5) is 5.82 Å². The Morgan fingerprint density at radius 2 is 1.77 bits per heavy atom. The molecule has 0 aliphatic heterocycles. The van der Waals surface area contributed by atoms with Crippen LogP contribution in [0.25, 0.3) is 17.1 Å². The Bertz CT molecular complexity index is 950. The van der Waals surface area contributed by atoms with E-state index in [4.69, 9.17) is 4.74 Å². The van der Waals surface area contributed by atoms with E-state index in [0.717, 1.165) is 11.1 Å². The lowest BCUT2D eigenvalue weighted by molar-refractivity contribution is 0.102. The highest BCUT2D eigenvalue weighted by Crippen LogP contribution is 2.16. The Morgan fingerprint density at radius 1 is 1.04 bits per heavy atom. The fourth-order valence-corrected chi connectivity index (χ4v) is 2.33. The predicted molar refractivity (Wildman–Crippen MR) is 103 cm³/mol. The minimum atomic E-state index is -0.233. The number of rotatable bonds is 5. The number of carbonyl (C=O) groups excluding carboxylic acids is 1. The first-order valence-electron chi connectivity index (χ1n) is 8.13. The summed E-state index contributed by atoms with van der Waals surface area (Å²) in [6.07, 6.45) is 3.83. The molecule has 1 N–H and O–H groups in total. The second kappa shape index (κ2) is 7.65. The summed E-state index contributed by atoms with van der Waals surface area (Å²) in [5, 5.41) is 3.71. The van der Waals surface area contributed by atoms with Crippen LogP contribution in [0.15, 0.2) is 54.7 Å². The number of anilines is 1. The van der Waals surface area contributed by atoms with Crippen molar-refractivity contribution in [3.05, 3.63) is 66.0 Å². The molecule has 6 nitrogen and oxygen atoms in total. The number of hydrogen-bond donors (Lipinski definition) is 1. The van der Waals surface area contributed by atoms with Gasteiger partial charge in [-0.2, -0.15) is 0 Å². The van der Waals surface area contributed by atoms with Crippen LogP contribution in [0.2, 0.25) is 0 Å². The Balaban J connectivity index is 1.81. The summed E-state index contributed by atoms with van der Waals surface area (Å²) in [6.45, 7) is 0. The second-order valence-corrected chi connectivity index (χ2v) is 5.94. The van der Waals surface area contributed by atoms with Crippen LogP contribution in [0.5, 0.6) is 5.75 Å². The quantitative estimate of drug-likeness (QED) is 0.765. The number of ether oxygens (including phenoxy) is 1. The molecule has 3 aromatic rings. The lowest BCUT2D eigenvalue weighted by Gasteiger charge is -2.07. The Morgan fingerprint density at radius 3 is 2.46 bits per heavy atom. The SMILES string of the molecule is COc1ccc(C(=O)Nc2ccc3ccc(/C=C/N(C)C)nc3n2)cc1. The third-order valence-electron chi connectivity index (χ3n) is 3.71. The van der Waals surface area contributed by atoms with Crippen LogP contribution < -0.4 is 10.1 Å². The molecule has 6 heteroatoms. The highest BCUT2D eigenvalue weighted by atomic mass is 16.5. The standard InChI is InChI=1S/C20H20N4O2/c1-24(2)13-12-16-8-4-14-7-11-18(22-19(14)21-16)23-20(25)15-5-9-17(26-3)10-6-15/h4-13H,1-3H3,(H,21,22,23,25)/b13-12+. The zero-order valence-electron chi connectivity index (χ0n) is 14.9. The fraction of sp³-hybridized carbons (Fsp3) is 0.150. The molecular formula is C20H20N4O2. The van der Waals surface area contributed by atoms with Crippen molar-refractivity contribution >= 4 is 28.8 Å². The van der Waals surface area contributed by atoms with Gasteiger partial charge in [0.25, 0.3) is 5.91 Å². The summed E-state index contributed by atoms with van der Waals surface area (Å²) < 4.78 is 5.10. The fourth-order valence-electron chi connectivity index (χ4n) is 2.33. The summed E-state index contributed by atoms with van der Waals surface area (Å²) in [4.78, 5) is 23.3. The number of carbonyl (C=O) groups is 1. The monoisotopic (exact) mass is 348 g/mol. The highest BCUT2D eigenvalue weighted by Gasteiger charge is 2.08. The molecule has 0 bridgehead atoms. The summed E-state index contributed by atoms with van der Waals surface area (Å²) in [7, 11) is 5.48. The van der Waals surface area contributed by atoms with Gasteiger partial charge in [-0.15, -0.1) is 0 Å². The van der Waals surface area contributed by atoms with Crippen molar-refractivity contribution in [3.8, 4) is 5.75 Å².